The molecule has 0 aliphatic heterocycles. The van der Waals surface area contributed by atoms with Gasteiger partial charge in [-0.1, -0.05) is 42.5 Å². The van der Waals surface area contributed by atoms with Crippen molar-refractivity contribution in [2.75, 3.05) is 33.8 Å². The van der Waals surface area contributed by atoms with Crippen LogP contribution in [0.4, 0.5) is 0 Å². The van der Waals surface area contributed by atoms with E-state index in [0.717, 1.165) is 37.8 Å². The number of aliphatic imine (C=N–C) groups is 1. The van der Waals surface area contributed by atoms with Crippen molar-refractivity contribution < 1.29 is 4.74 Å². The first-order valence-corrected chi connectivity index (χ1v) is 9.60. The lowest BCUT2D eigenvalue weighted by Crippen LogP contribution is -2.38. The van der Waals surface area contributed by atoms with Crippen molar-refractivity contribution in [1.82, 2.24) is 15.5 Å². The molecule has 5 nitrogen and oxygen atoms in total. The predicted molar refractivity (Wildman–Crippen MR) is 113 cm³/mol. The summed E-state index contributed by atoms with van der Waals surface area (Å²) in [6.07, 6.45) is 0.915. The SMILES string of the molecule is CCNC(=NCc1ccc(CN(C)C)cc1)NCCCOc1ccccc1. The normalized spacial score (nSPS) is 11.5. The molecule has 27 heavy (non-hydrogen) atoms. The van der Waals surface area contributed by atoms with Crippen LogP contribution in [0.15, 0.2) is 59.6 Å². The van der Waals surface area contributed by atoms with E-state index in [1.807, 2.05) is 30.3 Å². The second kappa shape index (κ2) is 12.0. The van der Waals surface area contributed by atoms with Crippen molar-refractivity contribution in [2.45, 2.75) is 26.4 Å². The third kappa shape index (κ3) is 8.60. The highest BCUT2D eigenvalue weighted by atomic mass is 16.5. The Kier molecular flexibility index (Phi) is 9.21. The maximum Gasteiger partial charge on any atom is 0.191 e. The number of rotatable bonds is 10. The van der Waals surface area contributed by atoms with E-state index in [4.69, 9.17) is 4.74 Å². The molecule has 2 N–H and O–H groups in total. The lowest BCUT2D eigenvalue weighted by atomic mass is 10.1. The molecule has 2 rings (SSSR count). The molecule has 0 radical (unpaired) electrons. The number of guanidine groups is 1. The van der Waals surface area contributed by atoms with Gasteiger partial charge >= 0.3 is 0 Å². The number of ether oxygens (including phenoxy) is 1. The van der Waals surface area contributed by atoms with E-state index in [-0.39, 0.29) is 0 Å². The second-order valence-corrected chi connectivity index (χ2v) is 6.69. The Morgan fingerprint density at radius 1 is 0.963 bits per heavy atom. The number of para-hydroxylation sites is 1. The maximum atomic E-state index is 5.71. The van der Waals surface area contributed by atoms with Crippen LogP contribution in [0.3, 0.4) is 0 Å². The Morgan fingerprint density at radius 2 is 1.67 bits per heavy atom. The van der Waals surface area contributed by atoms with Crippen LogP contribution in [-0.2, 0) is 13.1 Å². The molecule has 0 aliphatic rings. The average molecular weight is 369 g/mol. The van der Waals surface area contributed by atoms with Gasteiger partial charge in [0.25, 0.3) is 0 Å². The molecule has 0 fully saturated rings. The van der Waals surface area contributed by atoms with Crippen molar-refractivity contribution in [2.24, 2.45) is 4.99 Å². The van der Waals surface area contributed by atoms with E-state index in [2.05, 4.69) is 65.8 Å². The van der Waals surface area contributed by atoms with Gasteiger partial charge in [-0.3, -0.25) is 0 Å². The van der Waals surface area contributed by atoms with Crippen LogP contribution in [0.25, 0.3) is 0 Å². The van der Waals surface area contributed by atoms with Crippen LogP contribution in [0.1, 0.15) is 24.5 Å². The number of hydrogen-bond acceptors (Lipinski definition) is 3. The van der Waals surface area contributed by atoms with Crippen LogP contribution < -0.4 is 15.4 Å². The average Bonchev–Trinajstić information content (AvgIpc) is 2.67. The zero-order valence-corrected chi connectivity index (χ0v) is 16.7. The summed E-state index contributed by atoms with van der Waals surface area (Å²) in [7, 11) is 4.16. The van der Waals surface area contributed by atoms with Gasteiger partial charge in [0.1, 0.15) is 5.75 Å². The Bertz CT molecular complexity index is 668. The van der Waals surface area contributed by atoms with Gasteiger partial charge in [0.2, 0.25) is 0 Å². The fourth-order valence-corrected chi connectivity index (χ4v) is 2.61. The third-order valence-corrected chi connectivity index (χ3v) is 3.91. The van der Waals surface area contributed by atoms with E-state index in [9.17, 15) is 0 Å². The zero-order valence-electron chi connectivity index (χ0n) is 16.7. The Hall–Kier alpha value is -2.53. The molecule has 2 aromatic rings. The number of hydrogen-bond donors (Lipinski definition) is 2. The van der Waals surface area contributed by atoms with Gasteiger partial charge in [-0.15, -0.1) is 0 Å². The fourth-order valence-electron chi connectivity index (χ4n) is 2.61. The molecule has 0 amide bonds. The monoisotopic (exact) mass is 368 g/mol. The van der Waals surface area contributed by atoms with Crippen LogP contribution in [-0.4, -0.2) is 44.7 Å². The molecule has 0 bridgehead atoms. The first-order chi connectivity index (χ1) is 13.2. The number of nitrogens with zero attached hydrogens (tertiary/aromatic N) is 2. The van der Waals surface area contributed by atoms with Crippen LogP contribution in [0.5, 0.6) is 5.75 Å². The number of nitrogens with one attached hydrogen (secondary N) is 2. The molecule has 0 aromatic heterocycles. The molecular formula is C22H32N4O. The van der Waals surface area contributed by atoms with Gasteiger partial charge in [-0.25, -0.2) is 4.99 Å². The van der Waals surface area contributed by atoms with E-state index in [0.29, 0.717) is 13.2 Å². The van der Waals surface area contributed by atoms with Crippen LogP contribution >= 0.6 is 0 Å². The van der Waals surface area contributed by atoms with E-state index in [1.165, 1.54) is 11.1 Å². The summed E-state index contributed by atoms with van der Waals surface area (Å²) >= 11 is 0. The molecule has 0 saturated heterocycles. The second-order valence-electron chi connectivity index (χ2n) is 6.69. The molecule has 2 aromatic carbocycles. The standard InChI is InChI=1S/C22H32N4O/c1-4-23-22(24-15-8-16-27-21-9-6-5-7-10-21)25-17-19-11-13-20(14-12-19)18-26(2)3/h5-7,9-14H,4,8,15-18H2,1-3H3,(H2,23,24,25). The first-order valence-electron chi connectivity index (χ1n) is 9.60. The summed E-state index contributed by atoms with van der Waals surface area (Å²) in [5.41, 5.74) is 2.53. The molecular weight excluding hydrogens is 336 g/mol. The smallest absolute Gasteiger partial charge is 0.191 e. The lowest BCUT2D eigenvalue weighted by Gasteiger charge is -2.12. The van der Waals surface area contributed by atoms with Crippen molar-refractivity contribution in [3.8, 4) is 5.75 Å². The largest absolute Gasteiger partial charge is 0.494 e. The van der Waals surface area contributed by atoms with E-state index < -0.39 is 0 Å². The summed E-state index contributed by atoms with van der Waals surface area (Å²) in [4.78, 5) is 6.84. The van der Waals surface area contributed by atoms with Gasteiger partial charge in [-0.05, 0) is 50.7 Å². The Morgan fingerprint density at radius 3 is 2.33 bits per heavy atom. The van der Waals surface area contributed by atoms with Crippen LogP contribution in [0.2, 0.25) is 0 Å². The molecule has 146 valence electrons. The summed E-state index contributed by atoms with van der Waals surface area (Å²) in [6, 6.07) is 18.6. The van der Waals surface area contributed by atoms with Gasteiger partial charge < -0.3 is 20.3 Å². The molecule has 0 spiro atoms. The quantitative estimate of drug-likeness (QED) is 0.384. The third-order valence-electron chi connectivity index (χ3n) is 3.91. The van der Waals surface area contributed by atoms with Gasteiger partial charge in [0.05, 0.1) is 13.2 Å². The minimum Gasteiger partial charge on any atom is -0.494 e. The van der Waals surface area contributed by atoms with Crippen molar-refractivity contribution in [3.63, 3.8) is 0 Å². The van der Waals surface area contributed by atoms with Gasteiger partial charge in [-0.2, -0.15) is 0 Å². The highest BCUT2D eigenvalue weighted by Crippen LogP contribution is 2.08. The summed E-state index contributed by atoms with van der Waals surface area (Å²) in [6.45, 7) is 6.04. The highest BCUT2D eigenvalue weighted by Gasteiger charge is 1.99. The summed E-state index contributed by atoms with van der Waals surface area (Å²) in [5.74, 6) is 1.75. The van der Waals surface area contributed by atoms with Crippen LogP contribution in [0, 0.1) is 0 Å². The van der Waals surface area contributed by atoms with Crippen molar-refractivity contribution in [1.29, 1.82) is 0 Å². The summed E-state index contributed by atoms with van der Waals surface area (Å²) < 4.78 is 5.71. The lowest BCUT2D eigenvalue weighted by molar-refractivity contribution is 0.311. The van der Waals surface area contributed by atoms with E-state index in [1.54, 1.807) is 0 Å². The van der Waals surface area contributed by atoms with Gasteiger partial charge in [0, 0.05) is 19.6 Å². The molecule has 0 saturated carbocycles. The zero-order chi connectivity index (χ0) is 19.3. The van der Waals surface area contributed by atoms with Gasteiger partial charge in [0.15, 0.2) is 5.96 Å². The number of benzene rings is 2. The predicted octanol–water partition coefficient (Wildman–Crippen LogP) is 3.27. The highest BCUT2D eigenvalue weighted by molar-refractivity contribution is 5.79. The molecule has 0 unspecified atom stereocenters. The fraction of sp³-hybridized carbons (Fsp3) is 0.409. The minimum atomic E-state index is 0.665. The molecule has 0 heterocycles. The topological polar surface area (TPSA) is 48.9 Å². The van der Waals surface area contributed by atoms with Crippen molar-refractivity contribution in [3.05, 3.63) is 65.7 Å². The first kappa shape index (κ1) is 20.8. The summed E-state index contributed by atoms with van der Waals surface area (Å²) in [5, 5.41) is 6.66. The minimum absolute atomic E-state index is 0.665. The molecule has 0 aliphatic carbocycles. The van der Waals surface area contributed by atoms with E-state index >= 15 is 0 Å². The van der Waals surface area contributed by atoms with Crippen molar-refractivity contribution >= 4 is 5.96 Å². The molecule has 0 atom stereocenters. The Balaban J connectivity index is 1.74. The molecule has 5 heteroatoms. The Labute approximate surface area is 163 Å². The maximum absolute atomic E-state index is 5.71.